The van der Waals surface area contributed by atoms with E-state index in [1.165, 1.54) is 4.31 Å². The number of rotatable bonds is 5. The third-order valence-corrected chi connectivity index (χ3v) is 6.76. The van der Waals surface area contributed by atoms with Crippen LogP contribution in [0, 0.1) is 0 Å². The molecule has 1 aliphatic rings. The minimum atomic E-state index is -3.35. The number of carbonyl (C=O) groups is 1. The van der Waals surface area contributed by atoms with Crippen molar-refractivity contribution in [2.75, 3.05) is 26.2 Å². The monoisotopic (exact) mass is 376 g/mol. The van der Waals surface area contributed by atoms with Crippen LogP contribution < -0.4 is 0 Å². The summed E-state index contributed by atoms with van der Waals surface area (Å²) in [6.45, 7) is 1.52. The van der Waals surface area contributed by atoms with Crippen molar-refractivity contribution in [3.63, 3.8) is 0 Å². The minimum Gasteiger partial charge on any atom is -0.337 e. The summed E-state index contributed by atoms with van der Waals surface area (Å²) in [5, 5.41) is 1.96. The second kappa shape index (κ2) is 7.95. The van der Waals surface area contributed by atoms with Gasteiger partial charge in [0.2, 0.25) is 15.9 Å². The van der Waals surface area contributed by atoms with Crippen molar-refractivity contribution in [2.24, 2.45) is 0 Å². The summed E-state index contributed by atoms with van der Waals surface area (Å²) in [5.74, 6) is -0.0754. The number of benzene rings is 1. The molecule has 1 amide bonds. The number of thiophene rings is 1. The van der Waals surface area contributed by atoms with Gasteiger partial charge in [-0.05, 0) is 23.1 Å². The third-order valence-electron chi connectivity index (χ3n) is 4.07. The molecule has 0 spiro atoms. The van der Waals surface area contributed by atoms with Crippen molar-refractivity contribution < 1.29 is 13.2 Å². The van der Waals surface area contributed by atoms with Gasteiger partial charge >= 0.3 is 0 Å². The molecule has 1 fully saturated rings. The number of hydrogen-bond donors (Lipinski definition) is 0. The quantitative estimate of drug-likeness (QED) is 0.753. The number of piperazine rings is 1. The van der Waals surface area contributed by atoms with E-state index in [-0.39, 0.29) is 11.7 Å². The second-order valence-corrected chi connectivity index (χ2v) is 8.76. The standard InChI is InChI=1S/C18H20N2O3S2/c21-18(9-8-17-7-4-14-24-17)19-10-12-20(13-11-19)25(22,23)15-16-5-2-1-3-6-16/h1-9,14H,10-13,15H2/b9-8+. The molecule has 1 aromatic heterocycles. The Hall–Kier alpha value is -1.96. The van der Waals surface area contributed by atoms with Gasteiger partial charge in [0.25, 0.3) is 0 Å². The van der Waals surface area contributed by atoms with E-state index in [0.29, 0.717) is 26.2 Å². The van der Waals surface area contributed by atoms with Crippen molar-refractivity contribution >= 4 is 33.3 Å². The lowest BCUT2D eigenvalue weighted by Gasteiger charge is -2.33. The van der Waals surface area contributed by atoms with Crippen LogP contribution in [0.5, 0.6) is 0 Å². The Kier molecular flexibility index (Phi) is 5.67. The first kappa shape index (κ1) is 17.8. The predicted octanol–water partition coefficient (Wildman–Crippen LogP) is 2.44. The molecule has 0 bridgehead atoms. The molecule has 2 aromatic rings. The van der Waals surface area contributed by atoms with Crippen molar-refractivity contribution in [1.82, 2.24) is 9.21 Å². The molecule has 0 aliphatic carbocycles. The largest absolute Gasteiger partial charge is 0.337 e. The number of amides is 1. The van der Waals surface area contributed by atoms with Crippen LogP contribution in [0.3, 0.4) is 0 Å². The van der Waals surface area contributed by atoms with Gasteiger partial charge in [0, 0.05) is 37.1 Å². The smallest absolute Gasteiger partial charge is 0.246 e. The second-order valence-electron chi connectivity index (χ2n) is 5.81. The number of nitrogens with zero attached hydrogens (tertiary/aromatic N) is 2. The van der Waals surface area contributed by atoms with Gasteiger partial charge in [0.1, 0.15) is 0 Å². The summed E-state index contributed by atoms with van der Waals surface area (Å²) in [6.07, 6.45) is 3.35. The van der Waals surface area contributed by atoms with E-state index in [4.69, 9.17) is 0 Å². The van der Waals surface area contributed by atoms with E-state index < -0.39 is 10.0 Å². The molecule has 25 heavy (non-hydrogen) atoms. The molecule has 1 aromatic carbocycles. The van der Waals surface area contributed by atoms with Crippen LogP contribution in [0.1, 0.15) is 10.4 Å². The minimum absolute atomic E-state index is 0.0000665. The van der Waals surface area contributed by atoms with Gasteiger partial charge in [-0.2, -0.15) is 4.31 Å². The van der Waals surface area contributed by atoms with Crippen molar-refractivity contribution in [1.29, 1.82) is 0 Å². The average molecular weight is 377 g/mol. The zero-order chi connectivity index (χ0) is 17.7. The van der Waals surface area contributed by atoms with Crippen LogP contribution in [-0.2, 0) is 20.6 Å². The highest BCUT2D eigenvalue weighted by molar-refractivity contribution is 7.88. The first-order chi connectivity index (χ1) is 12.0. The molecule has 0 unspecified atom stereocenters. The molecule has 132 valence electrons. The molecule has 0 radical (unpaired) electrons. The predicted molar refractivity (Wildman–Crippen MR) is 101 cm³/mol. The van der Waals surface area contributed by atoms with Crippen LogP contribution >= 0.6 is 11.3 Å². The van der Waals surface area contributed by atoms with Crippen LogP contribution in [0.4, 0.5) is 0 Å². The fourth-order valence-corrected chi connectivity index (χ4v) is 4.84. The van der Waals surface area contributed by atoms with Gasteiger partial charge in [-0.25, -0.2) is 8.42 Å². The highest BCUT2D eigenvalue weighted by Crippen LogP contribution is 2.15. The van der Waals surface area contributed by atoms with Crippen LogP contribution in [-0.4, -0.2) is 49.7 Å². The van der Waals surface area contributed by atoms with Crippen LogP contribution in [0.15, 0.2) is 53.9 Å². The number of hydrogen-bond acceptors (Lipinski definition) is 4. The van der Waals surface area contributed by atoms with E-state index in [2.05, 4.69) is 0 Å². The van der Waals surface area contributed by atoms with E-state index >= 15 is 0 Å². The highest BCUT2D eigenvalue weighted by Gasteiger charge is 2.28. The van der Waals surface area contributed by atoms with Gasteiger partial charge < -0.3 is 4.90 Å². The fraction of sp³-hybridized carbons (Fsp3) is 0.278. The molecule has 0 N–H and O–H groups in total. The topological polar surface area (TPSA) is 57.7 Å². The molecule has 5 nitrogen and oxygen atoms in total. The molecule has 0 atom stereocenters. The van der Waals surface area contributed by atoms with Crippen molar-refractivity contribution in [2.45, 2.75) is 5.75 Å². The lowest BCUT2D eigenvalue weighted by Crippen LogP contribution is -2.50. The van der Waals surface area contributed by atoms with E-state index in [0.717, 1.165) is 10.4 Å². The number of sulfonamides is 1. The molecule has 7 heteroatoms. The molecular formula is C18H20N2O3S2. The average Bonchev–Trinajstić information content (AvgIpc) is 3.14. The van der Waals surface area contributed by atoms with Gasteiger partial charge in [-0.1, -0.05) is 36.4 Å². The Morgan fingerprint density at radius 3 is 2.40 bits per heavy atom. The summed E-state index contributed by atoms with van der Waals surface area (Å²) < 4.78 is 26.5. The van der Waals surface area contributed by atoms with Crippen LogP contribution in [0.2, 0.25) is 0 Å². The first-order valence-electron chi connectivity index (χ1n) is 8.07. The maximum absolute atomic E-state index is 12.5. The Bertz CT molecular complexity index is 822. The zero-order valence-corrected chi connectivity index (χ0v) is 15.4. The fourth-order valence-electron chi connectivity index (χ4n) is 2.71. The summed E-state index contributed by atoms with van der Waals surface area (Å²) in [6, 6.07) is 13.0. The Morgan fingerprint density at radius 1 is 1.04 bits per heavy atom. The zero-order valence-electron chi connectivity index (χ0n) is 13.7. The SMILES string of the molecule is O=C(/C=C/c1cccs1)N1CCN(S(=O)(=O)Cc2ccccc2)CC1. The lowest BCUT2D eigenvalue weighted by molar-refractivity contribution is -0.127. The van der Waals surface area contributed by atoms with Gasteiger partial charge in [-0.15, -0.1) is 11.3 Å². The molecule has 1 saturated heterocycles. The number of carbonyl (C=O) groups excluding carboxylic acids is 1. The lowest BCUT2D eigenvalue weighted by atomic mass is 10.2. The Morgan fingerprint density at radius 2 is 1.76 bits per heavy atom. The van der Waals surface area contributed by atoms with E-state index in [1.54, 1.807) is 28.4 Å². The van der Waals surface area contributed by atoms with Crippen LogP contribution in [0.25, 0.3) is 6.08 Å². The molecule has 3 rings (SSSR count). The third kappa shape index (κ3) is 4.78. The van der Waals surface area contributed by atoms with Gasteiger partial charge in [0.15, 0.2) is 0 Å². The van der Waals surface area contributed by atoms with Gasteiger partial charge in [0.05, 0.1) is 5.75 Å². The van der Waals surface area contributed by atoms with E-state index in [9.17, 15) is 13.2 Å². The summed E-state index contributed by atoms with van der Waals surface area (Å²) >= 11 is 1.57. The molecule has 1 aliphatic heterocycles. The Balaban J connectivity index is 1.55. The van der Waals surface area contributed by atoms with E-state index in [1.807, 2.05) is 47.8 Å². The molecule has 2 heterocycles. The summed E-state index contributed by atoms with van der Waals surface area (Å²) in [7, 11) is -3.35. The maximum atomic E-state index is 12.5. The highest BCUT2D eigenvalue weighted by atomic mass is 32.2. The summed E-state index contributed by atoms with van der Waals surface area (Å²) in [4.78, 5) is 14.9. The molecule has 0 saturated carbocycles. The van der Waals surface area contributed by atoms with Gasteiger partial charge in [-0.3, -0.25) is 4.79 Å². The summed E-state index contributed by atoms with van der Waals surface area (Å²) in [5.41, 5.74) is 0.778. The Labute approximate surface area is 152 Å². The normalized spacial score (nSPS) is 16.4. The van der Waals surface area contributed by atoms with Crippen molar-refractivity contribution in [3.05, 3.63) is 64.4 Å². The maximum Gasteiger partial charge on any atom is 0.246 e. The molecular weight excluding hydrogens is 356 g/mol. The first-order valence-corrected chi connectivity index (χ1v) is 10.6. The van der Waals surface area contributed by atoms with Crippen molar-refractivity contribution in [3.8, 4) is 0 Å².